The summed E-state index contributed by atoms with van der Waals surface area (Å²) in [6.45, 7) is 2.00. The molecule has 1 aromatic carbocycles. The molecule has 19 heavy (non-hydrogen) atoms. The SMILES string of the molecule is CC(C)N(Cc1ccc(C#N)cc1F)CC(F)(F)F. The van der Waals surface area contributed by atoms with Crippen LogP contribution in [0.15, 0.2) is 18.2 Å². The molecular formula is C13H14F4N2. The van der Waals surface area contributed by atoms with Gasteiger partial charge >= 0.3 is 6.18 Å². The van der Waals surface area contributed by atoms with Crippen LogP contribution in [0, 0.1) is 17.1 Å². The summed E-state index contributed by atoms with van der Waals surface area (Å²) < 4.78 is 50.9. The van der Waals surface area contributed by atoms with Crippen LogP contribution in [0.4, 0.5) is 17.6 Å². The Bertz CT molecular complexity index is 475. The average molecular weight is 274 g/mol. The lowest BCUT2D eigenvalue weighted by atomic mass is 10.1. The fourth-order valence-corrected chi connectivity index (χ4v) is 1.62. The zero-order chi connectivity index (χ0) is 14.6. The minimum absolute atomic E-state index is 0.144. The monoisotopic (exact) mass is 274 g/mol. The van der Waals surface area contributed by atoms with Crippen molar-refractivity contribution in [1.29, 1.82) is 5.26 Å². The van der Waals surface area contributed by atoms with Crippen molar-refractivity contribution >= 4 is 0 Å². The first kappa shape index (κ1) is 15.4. The van der Waals surface area contributed by atoms with Crippen LogP contribution in [0.1, 0.15) is 25.0 Å². The zero-order valence-electron chi connectivity index (χ0n) is 10.6. The second kappa shape index (κ2) is 6.02. The van der Waals surface area contributed by atoms with Crippen molar-refractivity contribution in [3.05, 3.63) is 35.1 Å². The van der Waals surface area contributed by atoms with Gasteiger partial charge in [0.2, 0.25) is 0 Å². The number of alkyl halides is 3. The molecule has 0 amide bonds. The predicted molar refractivity (Wildman–Crippen MR) is 62.7 cm³/mol. The molecule has 0 heterocycles. The molecular weight excluding hydrogens is 260 g/mol. The molecule has 0 atom stereocenters. The van der Waals surface area contributed by atoms with E-state index in [0.717, 1.165) is 11.0 Å². The van der Waals surface area contributed by atoms with E-state index in [1.54, 1.807) is 19.9 Å². The van der Waals surface area contributed by atoms with Crippen molar-refractivity contribution in [2.45, 2.75) is 32.6 Å². The molecule has 0 aliphatic rings. The van der Waals surface area contributed by atoms with Crippen LogP contribution < -0.4 is 0 Å². The number of hydrogen-bond acceptors (Lipinski definition) is 2. The van der Waals surface area contributed by atoms with E-state index in [1.165, 1.54) is 12.1 Å². The standard InChI is InChI=1S/C13H14F4N2/c1-9(2)19(8-13(15,16)17)7-11-4-3-10(6-18)5-12(11)14/h3-5,9H,7-8H2,1-2H3. The molecule has 0 N–H and O–H groups in total. The second-order valence-corrected chi connectivity index (χ2v) is 4.53. The van der Waals surface area contributed by atoms with Crippen LogP contribution in [0.3, 0.4) is 0 Å². The maximum Gasteiger partial charge on any atom is 0.401 e. The lowest BCUT2D eigenvalue weighted by Crippen LogP contribution is -2.38. The van der Waals surface area contributed by atoms with Crippen molar-refractivity contribution in [2.75, 3.05) is 6.54 Å². The molecule has 0 bridgehead atoms. The molecule has 0 saturated heterocycles. The smallest absolute Gasteiger partial charge is 0.288 e. The molecule has 0 aliphatic carbocycles. The van der Waals surface area contributed by atoms with E-state index >= 15 is 0 Å². The van der Waals surface area contributed by atoms with Crippen LogP contribution in [0.5, 0.6) is 0 Å². The van der Waals surface area contributed by atoms with Gasteiger partial charge in [0.15, 0.2) is 0 Å². The normalized spacial score (nSPS) is 11.9. The number of hydrogen-bond donors (Lipinski definition) is 0. The lowest BCUT2D eigenvalue weighted by molar-refractivity contribution is -0.151. The Morgan fingerprint density at radius 1 is 1.32 bits per heavy atom. The number of rotatable bonds is 4. The molecule has 104 valence electrons. The lowest BCUT2D eigenvalue weighted by Gasteiger charge is -2.27. The average Bonchev–Trinajstić information content (AvgIpc) is 2.28. The molecule has 0 aromatic heterocycles. The molecule has 1 rings (SSSR count). The van der Waals surface area contributed by atoms with E-state index in [-0.39, 0.29) is 23.7 Å². The first-order chi connectivity index (χ1) is 8.73. The Morgan fingerprint density at radius 3 is 2.37 bits per heavy atom. The van der Waals surface area contributed by atoms with Crippen molar-refractivity contribution in [3.8, 4) is 6.07 Å². The van der Waals surface area contributed by atoms with Crippen molar-refractivity contribution < 1.29 is 17.6 Å². The van der Waals surface area contributed by atoms with Crippen LogP contribution in [-0.2, 0) is 6.54 Å². The van der Waals surface area contributed by atoms with Crippen LogP contribution in [-0.4, -0.2) is 23.7 Å². The molecule has 2 nitrogen and oxygen atoms in total. The van der Waals surface area contributed by atoms with E-state index in [9.17, 15) is 17.6 Å². The van der Waals surface area contributed by atoms with Gasteiger partial charge in [0, 0.05) is 18.2 Å². The van der Waals surface area contributed by atoms with E-state index < -0.39 is 18.5 Å². The Labute approximate surface area is 109 Å². The summed E-state index contributed by atoms with van der Waals surface area (Å²) in [6, 6.07) is 5.18. The van der Waals surface area contributed by atoms with Gasteiger partial charge in [-0.05, 0) is 26.0 Å². The highest BCUT2D eigenvalue weighted by Gasteiger charge is 2.32. The van der Waals surface area contributed by atoms with Crippen molar-refractivity contribution in [1.82, 2.24) is 4.90 Å². The van der Waals surface area contributed by atoms with E-state index in [2.05, 4.69) is 0 Å². The summed E-state index contributed by atoms with van der Waals surface area (Å²) in [6.07, 6.45) is -4.33. The van der Waals surface area contributed by atoms with Gasteiger partial charge in [0.25, 0.3) is 0 Å². The molecule has 0 aliphatic heterocycles. The highest BCUT2D eigenvalue weighted by molar-refractivity contribution is 5.32. The van der Waals surface area contributed by atoms with Crippen molar-refractivity contribution in [3.63, 3.8) is 0 Å². The summed E-state index contributed by atoms with van der Waals surface area (Å²) >= 11 is 0. The maximum absolute atomic E-state index is 13.6. The molecule has 0 fully saturated rings. The van der Waals surface area contributed by atoms with Gasteiger partial charge in [-0.15, -0.1) is 0 Å². The summed E-state index contributed by atoms with van der Waals surface area (Å²) in [4.78, 5) is 1.13. The fourth-order valence-electron chi connectivity index (χ4n) is 1.62. The van der Waals surface area contributed by atoms with E-state index in [1.807, 2.05) is 0 Å². The molecule has 0 spiro atoms. The molecule has 1 aromatic rings. The zero-order valence-corrected chi connectivity index (χ0v) is 10.6. The van der Waals surface area contributed by atoms with Gasteiger partial charge in [-0.1, -0.05) is 6.07 Å². The van der Waals surface area contributed by atoms with Gasteiger partial charge in [0.05, 0.1) is 18.2 Å². The van der Waals surface area contributed by atoms with Crippen LogP contribution in [0.25, 0.3) is 0 Å². The molecule has 6 heteroatoms. The quantitative estimate of drug-likeness (QED) is 0.786. The predicted octanol–water partition coefficient (Wildman–Crippen LogP) is 3.47. The Hall–Kier alpha value is -1.61. The molecule has 0 unspecified atom stereocenters. The van der Waals surface area contributed by atoms with Gasteiger partial charge in [0.1, 0.15) is 5.82 Å². The summed E-state index contributed by atoms with van der Waals surface area (Å²) in [5.41, 5.74) is 0.296. The van der Waals surface area contributed by atoms with E-state index in [0.29, 0.717) is 0 Å². The molecule has 0 radical (unpaired) electrons. The Balaban J connectivity index is 2.89. The number of benzene rings is 1. The largest absolute Gasteiger partial charge is 0.401 e. The Morgan fingerprint density at radius 2 is 1.95 bits per heavy atom. The van der Waals surface area contributed by atoms with Crippen LogP contribution in [0.2, 0.25) is 0 Å². The fraction of sp³-hybridized carbons (Fsp3) is 0.462. The Kier molecular flexibility index (Phi) is 4.90. The third-order valence-corrected chi connectivity index (χ3v) is 2.67. The number of nitrogens with zero attached hydrogens (tertiary/aromatic N) is 2. The summed E-state index contributed by atoms with van der Waals surface area (Å²) in [5, 5.41) is 8.60. The van der Waals surface area contributed by atoms with Gasteiger partial charge in [-0.3, -0.25) is 4.90 Å². The van der Waals surface area contributed by atoms with Gasteiger partial charge in [-0.25, -0.2) is 4.39 Å². The van der Waals surface area contributed by atoms with Crippen LogP contribution >= 0.6 is 0 Å². The van der Waals surface area contributed by atoms with E-state index in [4.69, 9.17) is 5.26 Å². The third-order valence-electron chi connectivity index (χ3n) is 2.67. The van der Waals surface area contributed by atoms with Gasteiger partial charge in [-0.2, -0.15) is 18.4 Å². The minimum atomic E-state index is -4.33. The highest BCUT2D eigenvalue weighted by Crippen LogP contribution is 2.21. The highest BCUT2D eigenvalue weighted by atomic mass is 19.4. The van der Waals surface area contributed by atoms with Crippen molar-refractivity contribution in [2.24, 2.45) is 0 Å². The number of halogens is 4. The minimum Gasteiger partial charge on any atom is -0.288 e. The summed E-state index contributed by atoms with van der Waals surface area (Å²) in [5.74, 6) is -0.660. The van der Waals surface area contributed by atoms with Gasteiger partial charge < -0.3 is 0 Å². The second-order valence-electron chi connectivity index (χ2n) is 4.53. The first-order valence-electron chi connectivity index (χ1n) is 5.72. The molecule has 0 saturated carbocycles. The summed E-state index contributed by atoms with van der Waals surface area (Å²) in [7, 11) is 0. The third kappa shape index (κ3) is 4.87. The number of nitriles is 1. The first-order valence-corrected chi connectivity index (χ1v) is 5.72. The topological polar surface area (TPSA) is 27.0 Å². The maximum atomic E-state index is 13.6.